The maximum Gasteiger partial charge on any atom is 0.219 e. The van der Waals surface area contributed by atoms with Gasteiger partial charge in [0.15, 0.2) is 0 Å². The Balaban J connectivity index is 1.45. The fourth-order valence-electron chi connectivity index (χ4n) is 3.24. The Morgan fingerprint density at radius 1 is 1.45 bits per heavy atom. The van der Waals surface area contributed by atoms with Gasteiger partial charge >= 0.3 is 0 Å². The van der Waals surface area contributed by atoms with Gasteiger partial charge in [-0.2, -0.15) is 5.10 Å². The van der Waals surface area contributed by atoms with Crippen LogP contribution in [0.25, 0.3) is 0 Å². The van der Waals surface area contributed by atoms with E-state index in [4.69, 9.17) is 0 Å². The van der Waals surface area contributed by atoms with E-state index in [1.165, 1.54) is 6.42 Å². The zero-order valence-electron chi connectivity index (χ0n) is 11.8. The topological polar surface area (TPSA) is 41.4 Å². The number of hydrogen-bond acceptors (Lipinski definition) is 3. The highest BCUT2D eigenvalue weighted by Crippen LogP contribution is 2.25. The smallest absolute Gasteiger partial charge is 0.219 e. The summed E-state index contributed by atoms with van der Waals surface area (Å²) in [7, 11) is 0. The van der Waals surface area contributed by atoms with Gasteiger partial charge in [-0.25, -0.2) is 0 Å². The van der Waals surface area contributed by atoms with Gasteiger partial charge < -0.3 is 4.90 Å². The third-order valence-corrected chi connectivity index (χ3v) is 4.77. The van der Waals surface area contributed by atoms with Crippen LogP contribution in [-0.2, 0) is 4.79 Å². The van der Waals surface area contributed by atoms with Gasteiger partial charge in [-0.3, -0.25) is 14.4 Å². The SMILES string of the molecule is CC(=O)N1CCCC(CN2CC(n3cc(Br)cn3)C2)C1. The second kappa shape index (κ2) is 5.85. The number of rotatable bonds is 3. The Morgan fingerprint density at radius 2 is 2.25 bits per heavy atom. The van der Waals surface area contributed by atoms with Gasteiger partial charge in [0.25, 0.3) is 0 Å². The molecule has 20 heavy (non-hydrogen) atoms. The molecule has 1 atom stereocenters. The van der Waals surface area contributed by atoms with Crippen LogP contribution in [0, 0.1) is 5.92 Å². The van der Waals surface area contributed by atoms with Crippen molar-refractivity contribution < 1.29 is 4.79 Å². The molecule has 0 saturated carbocycles. The van der Waals surface area contributed by atoms with E-state index in [0.717, 1.165) is 43.6 Å². The van der Waals surface area contributed by atoms with E-state index in [-0.39, 0.29) is 5.91 Å². The van der Waals surface area contributed by atoms with E-state index >= 15 is 0 Å². The minimum absolute atomic E-state index is 0.220. The first-order valence-electron chi connectivity index (χ1n) is 7.29. The maximum absolute atomic E-state index is 11.4. The van der Waals surface area contributed by atoms with Crippen LogP contribution in [-0.4, -0.2) is 58.2 Å². The van der Waals surface area contributed by atoms with Crippen LogP contribution < -0.4 is 0 Å². The Hall–Kier alpha value is -0.880. The number of aromatic nitrogens is 2. The summed E-state index contributed by atoms with van der Waals surface area (Å²) in [6.45, 7) is 6.81. The van der Waals surface area contributed by atoms with Crippen molar-refractivity contribution >= 4 is 21.8 Å². The van der Waals surface area contributed by atoms with Gasteiger partial charge in [0, 0.05) is 45.8 Å². The summed E-state index contributed by atoms with van der Waals surface area (Å²) in [6, 6.07) is 0.508. The molecule has 5 nitrogen and oxygen atoms in total. The van der Waals surface area contributed by atoms with Crippen molar-refractivity contribution in [3.8, 4) is 0 Å². The molecule has 0 spiro atoms. The molecule has 1 aromatic heterocycles. The summed E-state index contributed by atoms with van der Waals surface area (Å²) in [5.74, 6) is 0.857. The quantitative estimate of drug-likeness (QED) is 0.841. The Kier molecular flexibility index (Phi) is 4.12. The predicted molar refractivity (Wildman–Crippen MR) is 80.4 cm³/mol. The Morgan fingerprint density at radius 3 is 2.90 bits per heavy atom. The summed E-state index contributed by atoms with van der Waals surface area (Å²) >= 11 is 3.43. The highest BCUT2D eigenvalue weighted by atomic mass is 79.9. The molecule has 1 aromatic rings. The monoisotopic (exact) mass is 340 g/mol. The molecule has 0 bridgehead atoms. The van der Waals surface area contributed by atoms with Gasteiger partial charge in [0.05, 0.1) is 16.7 Å². The van der Waals surface area contributed by atoms with Crippen LogP contribution in [0.5, 0.6) is 0 Å². The van der Waals surface area contributed by atoms with Gasteiger partial charge in [-0.05, 0) is 34.7 Å². The molecule has 1 unspecified atom stereocenters. The van der Waals surface area contributed by atoms with E-state index < -0.39 is 0 Å². The molecule has 2 aliphatic rings. The Bertz CT molecular complexity index is 483. The molecule has 0 aliphatic carbocycles. The van der Waals surface area contributed by atoms with Crippen LogP contribution in [0.4, 0.5) is 0 Å². The number of halogens is 1. The third kappa shape index (κ3) is 3.06. The van der Waals surface area contributed by atoms with E-state index in [9.17, 15) is 4.79 Å². The molecular weight excluding hydrogens is 320 g/mol. The zero-order valence-corrected chi connectivity index (χ0v) is 13.4. The van der Waals surface area contributed by atoms with Crippen LogP contribution in [0.3, 0.4) is 0 Å². The van der Waals surface area contributed by atoms with Crippen molar-refractivity contribution in [3.63, 3.8) is 0 Å². The highest BCUT2D eigenvalue weighted by molar-refractivity contribution is 9.10. The normalized spacial score (nSPS) is 24.7. The number of nitrogens with zero attached hydrogens (tertiary/aromatic N) is 4. The van der Waals surface area contributed by atoms with Crippen LogP contribution in [0.1, 0.15) is 25.8 Å². The van der Waals surface area contributed by atoms with Crippen molar-refractivity contribution in [2.24, 2.45) is 5.92 Å². The average Bonchev–Trinajstić information content (AvgIpc) is 2.80. The van der Waals surface area contributed by atoms with Crippen molar-refractivity contribution in [3.05, 3.63) is 16.9 Å². The van der Waals surface area contributed by atoms with Crippen LogP contribution >= 0.6 is 15.9 Å². The van der Waals surface area contributed by atoms with Gasteiger partial charge in [-0.1, -0.05) is 0 Å². The molecule has 2 fully saturated rings. The summed E-state index contributed by atoms with van der Waals surface area (Å²) in [4.78, 5) is 15.9. The highest BCUT2D eigenvalue weighted by Gasteiger charge is 2.32. The summed E-state index contributed by atoms with van der Waals surface area (Å²) < 4.78 is 3.09. The third-order valence-electron chi connectivity index (χ3n) is 4.36. The molecule has 2 saturated heterocycles. The minimum atomic E-state index is 0.220. The number of carbonyl (C=O) groups excluding carboxylic acids is 1. The zero-order chi connectivity index (χ0) is 14.1. The van der Waals surface area contributed by atoms with Crippen molar-refractivity contribution in [2.75, 3.05) is 32.7 Å². The molecule has 3 heterocycles. The van der Waals surface area contributed by atoms with Gasteiger partial charge in [0.2, 0.25) is 5.91 Å². The fourth-order valence-corrected chi connectivity index (χ4v) is 3.54. The van der Waals surface area contributed by atoms with E-state index in [1.807, 2.05) is 22.0 Å². The number of likely N-dealkylation sites (tertiary alicyclic amines) is 2. The molecule has 6 heteroatoms. The molecule has 3 rings (SSSR count). The maximum atomic E-state index is 11.4. The molecule has 2 aliphatic heterocycles. The van der Waals surface area contributed by atoms with E-state index in [0.29, 0.717) is 12.0 Å². The molecule has 0 N–H and O–H groups in total. The van der Waals surface area contributed by atoms with Gasteiger partial charge in [-0.15, -0.1) is 0 Å². The molecule has 1 amide bonds. The lowest BCUT2D eigenvalue weighted by Gasteiger charge is -2.43. The lowest BCUT2D eigenvalue weighted by Crippen LogP contribution is -2.51. The number of hydrogen-bond donors (Lipinski definition) is 0. The summed E-state index contributed by atoms with van der Waals surface area (Å²) in [5, 5.41) is 4.34. The lowest BCUT2D eigenvalue weighted by molar-refractivity contribution is -0.130. The fraction of sp³-hybridized carbons (Fsp3) is 0.714. The molecule has 0 radical (unpaired) electrons. The minimum Gasteiger partial charge on any atom is -0.343 e. The van der Waals surface area contributed by atoms with Crippen molar-refractivity contribution in [1.82, 2.24) is 19.6 Å². The largest absolute Gasteiger partial charge is 0.343 e. The van der Waals surface area contributed by atoms with Gasteiger partial charge in [0.1, 0.15) is 0 Å². The second-order valence-corrected chi connectivity index (χ2v) is 6.90. The summed E-state index contributed by atoms with van der Waals surface area (Å²) in [5.41, 5.74) is 0. The average molecular weight is 341 g/mol. The second-order valence-electron chi connectivity index (χ2n) is 5.98. The first-order valence-corrected chi connectivity index (χ1v) is 8.08. The lowest BCUT2D eigenvalue weighted by atomic mass is 9.95. The van der Waals surface area contributed by atoms with E-state index in [2.05, 4.69) is 25.9 Å². The van der Waals surface area contributed by atoms with Crippen LogP contribution in [0.15, 0.2) is 16.9 Å². The van der Waals surface area contributed by atoms with Crippen LogP contribution in [0.2, 0.25) is 0 Å². The number of piperidine rings is 1. The van der Waals surface area contributed by atoms with E-state index in [1.54, 1.807) is 6.92 Å². The molecule has 0 aromatic carbocycles. The first kappa shape index (κ1) is 14.1. The first-order chi connectivity index (χ1) is 9.61. The standard InChI is InChI=1S/C14H21BrN4O/c1-11(20)18-4-2-3-12(7-18)6-17-9-14(10-17)19-8-13(15)5-16-19/h5,8,12,14H,2-4,6-7,9-10H2,1H3. The predicted octanol–water partition coefficient (Wildman–Crippen LogP) is 1.76. The molecular formula is C14H21BrN4O. The molecule has 110 valence electrons. The van der Waals surface area contributed by atoms with Crippen molar-refractivity contribution in [1.29, 1.82) is 0 Å². The number of amides is 1. The number of carbonyl (C=O) groups is 1. The summed E-state index contributed by atoms with van der Waals surface area (Å²) in [6.07, 6.45) is 6.28. The van der Waals surface area contributed by atoms with Crippen molar-refractivity contribution in [2.45, 2.75) is 25.8 Å². The Labute approximate surface area is 128 Å².